The summed E-state index contributed by atoms with van der Waals surface area (Å²) >= 11 is 0. The summed E-state index contributed by atoms with van der Waals surface area (Å²) in [5, 5.41) is 5.72. The molecular formula is C19H27N3O3. The second-order valence-electron chi connectivity index (χ2n) is 7.62. The smallest absolute Gasteiger partial charge is 0.255 e. The molecule has 2 aliphatic rings. The lowest BCUT2D eigenvalue weighted by molar-refractivity contribution is 0.0925. The van der Waals surface area contributed by atoms with Crippen LogP contribution in [0.25, 0.3) is 0 Å². The Labute approximate surface area is 148 Å². The number of fused-ring (bicyclic) bond motifs is 1. The van der Waals surface area contributed by atoms with Gasteiger partial charge in [0.15, 0.2) is 0 Å². The molecule has 1 fully saturated rings. The first kappa shape index (κ1) is 17.7. The van der Waals surface area contributed by atoms with Crippen LogP contribution in [0.2, 0.25) is 0 Å². The number of benzene rings is 1. The van der Waals surface area contributed by atoms with Crippen LogP contribution in [0.1, 0.15) is 47.4 Å². The van der Waals surface area contributed by atoms with Crippen LogP contribution >= 0.6 is 0 Å². The topological polar surface area (TPSA) is 70.7 Å². The van der Waals surface area contributed by atoms with Crippen molar-refractivity contribution in [1.29, 1.82) is 0 Å². The molecule has 1 aromatic rings. The Hall–Kier alpha value is -2.08. The predicted molar refractivity (Wildman–Crippen MR) is 96.1 cm³/mol. The molecule has 2 aliphatic heterocycles. The van der Waals surface area contributed by atoms with Crippen LogP contribution in [-0.4, -0.2) is 56.0 Å². The molecule has 0 radical (unpaired) electrons. The Morgan fingerprint density at radius 2 is 2.24 bits per heavy atom. The number of rotatable bonds is 4. The normalized spacial score (nSPS) is 20.0. The van der Waals surface area contributed by atoms with Crippen molar-refractivity contribution in [3.63, 3.8) is 0 Å². The molecule has 1 aromatic carbocycles. The predicted octanol–water partition coefficient (Wildman–Crippen LogP) is 1.66. The van der Waals surface area contributed by atoms with E-state index in [1.807, 2.05) is 0 Å². The first-order valence-corrected chi connectivity index (χ1v) is 9.00. The molecule has 6 heteroatoms. The van der Waals surface area contributed by atoms with Gasteiger partial charge in [0.1, 0.15) is 12.4 Å². The van der Waals surface area contributed by atoms with Gasteiger partial charge < -0.3 is 20.3 Å². The third kappa shape index (κ3) is 4.51. The minimum Gasteiger partial charge on any atom is -0.491 e. The number of nitrogens with zero attached hydrogens (tertiary/aromatic N) is 1. The Morgan fingerprint density at radius 1 is 1.40 bits per heavy atom. The molecule has 0 unspecified atom stereocenters. The van der Waals surface area contributed by atoms with Crippen molar-refractivity contribution in [1.82, 2.24) is 15.5 Å². The average Bonchev–Trinajstić information content (AvgIpc) is 2.75. The standard InChI is InChI=1S/C19H27N3O3/c1-19(2)6-3-9-22(13-19)10-7-20-17(23)14-4-5-16-15(12-14)18(24)21-8-11-25-16/h4-5,12H,3,6-11,13H2,1-2H3,(H,20,23)(H,21,24). The van der Waals surface area contributed by atoms with Crippen molar-refractivity contribution < 1.29 is 14.3 Å². The number of piperidine rings is 1. The third-order valence-corrected chi connectivity index (χ3v) is 4.82. The average molecular weight is 345 g/mol. The summed E-state index contributed by atoms with van der Waals surface area (Å²) in [6.07, 6.45) is 2.47. The van der Waals surface area contributed by atoms with E-state index >= 15 is 0 Å². The summed E-state index contributed by atoms with van der Waals surface area (Å²) in [5.74, 6) is 0.177. The maximum atomic E-state index is 12.4. The molecule has 0 spiro atoms. The van der Waals surface area contributed by atoms with Crippen LogP contribution in [0.3, 0.4) is 0 Å². The van der Waals surface area contributed by atoms with Gasteiger partial charge in [-0.1, -0.05) is 13.8 Å². The molecule has 2 N–H and O–H groups in total. The lowest BCUT2D eigenvalue weighted by atomic mass is 9.84. The van der Waals surface area contributed by atoms with Gasteiger partial charge >= 0.3 is 0 Å². The summed E-state index contributed by atoms with van der Waals surface area (Å²) in [6.45, 7) is 9.12. The summed E-state index contributed by atoms with van der Waals surface area (Å²) in [6, 6.07) is 5.01. The van der Waals surface area contributed by atoms with E-state index in [-0.39, 0.29) is 11.8 Å². The zero-order valence-corrected chi connectivity index (χ0v) is 15.1. The van der Waals surface area contributed by atoms with Crippen LogP contribution < -0.4 is 15.4 Å². The van der Waals surface area contributed by atoms with Gasteiger partial charge in [-0.05, 0) is 43.0 Å². The van der Waals surface area contributed by atoms with Crippen LogP contribution in [0.15, 0.2) is 18.2 Å². The molecule has 0 saturated carbocycles. The van der Waals surface area contributed by atoms with Crippen molar-refractivity contribution in [3.05, 3.63) is 29.3 Å². The first-order chi connectivity index (χ1) is 11.9. The lowest BCUT2D eigenvalue weighted by Gasteiger charge is -2.38. The van der Waals surface area contributed by atoms with E-state index in [9.17, 15) is 9.59 Å². The maximum absolute atomic E-state index is 12.4. The van der Waals surface area contributed by atoms with E-state index < -0.39 is 0 Å². The number of likely N-dealkylation sites (tertiary alicyclic amines) is 1. The number of nitrogens with one attached hydrogen (secondary N) is 2. The molecular weight excluding hydrogens is 318 g/mol. The van der Waals surface area contributed by atoms with Crippen molar-refractivity contribution in [2.45, 2.75) is 26.7 Å². The van der Waals surface area contributed by atoms with Gasteiger partial charge in [0, 0.05) is 25.2 Å². The Balaban J connectivity index is 1.56. The molecule has 1 saturated heterocycles. The molecule has 25 heavy (non-hydrogen) atoms. The quantitative estimate of drug-likeness (QED) is 0.871. The van der Waals surface area contributed by atoms with Crippen molar-refractivity contribution in [2.75, 3.05) is 39.3 Å². The van der Waals surface area contributed by atoms with E-state index in [2.05, 4.69) is 29.4 Å². The van der Waals surface area contributed by atoms with Gasteiger partial charge in [0.25, 0.3) is 11.8 Å². The molecule has 6 nitrogen and oxygen atoms in total. The molecule has 2 amide bonds. The fourth-order valence-electron chi connectivity index (χ4n) is 3.56. The summed E-state index contributed by atoms with van der Waals surface area (Å²) < 4.78 is 5.51. The first-order valence-electron chi connectivity index (χ1n) is 9.00. The minimum absolute atomic E-state index is 0.156. The van der Waals surface area contributed by atoms with Gasteiger partial charge in [0.2, 0.25) is 0 Å². The highest BCUT2D eigenvalue weighted by Crippen LogP contribution is 2.28. The third-order valence-electron chi connectivity index (χ3n) is 4.82. The zero-order chi connectivity index (χ0) is 17.9. The second kappa shape index (κ2) is 7.44. The fraction of sp³-hybridized carbons (Fsp3) is 0.579. The molecule has 2 heterocycles. The van der Waals surface area contributed by atoms with E-state index in [1.54, 1.807) is 18.2 Å². The molecule has 0 bridgehead atoms. The van der Waals surface area contributed by atoms with E-state index in [1.165, 1.54) is 12.8 Å². The molecule has 0 aliphatic carbocycles. The highest BCUT2D eigenvalue weighted by atomic mass is 16.5. The summed E-state index contributed by atoms with van der Waals surface area (Å²) in [5.41, 5.74) is 1.26. The number of ether oxygens (including phenoxy) is 1. The van der Waals surface area contributed by atoms with Gasteiger partial charge in [-0.2, -0.15) is 0 Å². The van der Waals surface area contributed by atoms with E-state index in [0.717, 1.165) is 19.6 Å². The molecule has 0 atom stereocenters. The van der Waals surface area contributed by atoms with Gasteiger partial charge in [-0.3, -0.25) is 9.59 Å². The zero-order valence-electron chi connectivity index (χ0n) is 15.1. The number of hydrogen-bond acceptors (Lipinski definition) is 4. The van der Waals surface area contributed by atoms with Crippen LogP contribution in [0.4, 0.5) is 0 Å². The highest BCUT2D eigenvalue weighted by molar-refractivity contribution is 6.01. The Morgan fingerprint density at radius 3 is 3.04 bits per heavy atom. The summed E-state index contributed by atoms with van der Waals surface area (Å²) in [7, 11) is 0. The minimum atomic E-state index is -0.197. The van der Waals surface area contributed by atoms with Gasteiger partial charge in [-0.15, -0.1) is 0 Å². The Kier molecular flexibility index (Phi) is 5.27. The number of carbonyl (C=O) groups excluding carboxylic acids is 2. The molecule has 136 valence electrons. The molecule has 3 rings (SSSR count). The van der Waals surface area contributed by atoms with E-state index in [0.29, 0.717) is 42.0 Å². The maximum Gasteiger partial charge on any atom is 0.255 e. The van der Waals surface area contributed by atoms with Gasteiger partial charge in [0.05, 0.1) is 12.1 Å². The largest absolute Gasteiger partial charge is 0.491 e. The van der Waals surface area contributed by atoms with Crippen LogP contribution in [0, 0.1) is 5.41 Å². The number of amides is 2. The Bertz CT molecular complexity index is 657. The van der Waals surface area contributed by atoms with Crippen LogP contribution in [-0.2, 0) is 0 Å². The lowest BCUT2D eigenvalue weighted by Crippen LogP contribution is -2.43. The van der Waals surface area contributed by atoms with E-state index in [4.69, 9.17) is 4.74 Å². The number of carbonyl (C=O) groups is 2. The van der Waals surface area contributed by atoms with Crippen molar-refractivity contribution in [2.24, 2.45) is 5.41 Å². The van der Waals surface area contributed by atoms with Crippen molar-refractivity contribution in [3.8, 4) is 5.75 Å². The number of hydrogen-bond donors (Lipinski definition) is 2. The molecule has 0 aromatic heterocycles. The highest BCUT2D eigenvalue weighted by Gasteiger charge is 2.26. The monoisotopic (exact) mass is 345 g/mol. The fourth-order valence-corrected chi connectivity index (χ4v) is 3.56. The van der Waals surface area contributed by atoms with Gasteiger partial charge in [-0.25, -0.2) is 0 Å². The second-order valence-corrected chi connectivity index (χ2v) is 7.62. The van der Waals surface area contributed by atoms with Crippen molar-refractivity contribution >= 4 is 11.8 Å². The SMILES string of the molecule is CC1(C)CCCN(CCNC(=O)c2ccc3c(c2)C(=O)NCCO3)C1. The summed E-state index contributed by atoms with van der Waals surface area (Å²) in [4.78, 5) is 26.8. The van der Waals surface area contributed by atoms with Crippen LogP contribution in [0.5, 0.6) is 5.75 Å².